The smallest absolute Gasteiger partial charge is 0.410 e. The third-order valence-electron chi connectivity index (χ3n) is 8.78. The van der Waals surface area contributed by atoms with Crippen molar-refractivity contribution in [2.75, 3.05) is 31.6 Å². The molecule has 3 aromatic carbocycles. The van der Waals surface area contributed by atoms with Crippen molar-refractivity contribution in [2.45, 2.75) is 71.2 Å². The zero-order chi connectivity index (χ0) is 36.5. The molecule has 1 fully saturated rings. The van der Waals surface area contributed by atoms with Crippen LogP contribution in [0.25, 0.3) is 33.2 Å². The van der Waals surface area contributed by atoms with Gasteiger partial charge in [0.25, 0.3) is 0 Å². The lowest BCUT2D eigenvalue weighted by molar-refractivity contribution is -0.121. The van der Waals surface area contributed by atoms with Crippen LogP contribution in [0, 0.1) is 0 Å². The lowest BCUT2D eigenvalue weighted by atomic mass is 10.0. The number of hydrogen-bond acceptors (Lipinski definition) is 8. The molecule has 52 heavy (non-hydrogen) atoms. The van der Waals surface area contributed by atoms with Gasteiger partial charge in [0.05, 0.1) is 11.7 Å². The van der Waals surface area contributed by atoms with E-state index in [2.05, 4.69) is 32.7 Å². The minimum atomic E-state index is -0.679. The molecule has 1 unspecified atom stereocenters. The van der Waals surface area contributed by atoms with Crippen molar-refractivity contribution in [3.8, 4) is 22.3 Å². The van der Waals surface area contributed by atoms with E-state index in [1.165, 1.54) is 6.33 Å². The van der Waals surface area contributed by atoms with E-state index < -0.39 is 11.7 Å². The van der Waals surface area contributed by atoms with Crippen LogP contribution in [0.2, 0.25) is 5.02 Å². The Balaban J connectivity index is 1.05. The van der Waals surface area contributed by atoms with Crippen LogP contribution in [-0.4, -0.2) is 68.5 Å². The number of ether oxygens (including phenoxy) is 2. The Bertz CT molecular complexity index is 1960. The first-order chi connectivity index (χ1) is 25.1. The highest BCUT2D eigenvalue weighted by Gasteiger charge is 2.24. The lowest BCUT2D eigenvalue weighted by Crippen LogP contribution is -2.39. The molecule has 0 radical (unpaired) electrons. The van der Waals surface area contributed by atoms with Crippen LogP contribution in [0.5, 0.6) is 0 Å². The van der Waals surface area contributed by atoms with Gasteiger partial charge in [-0.3, -0.25) is 4.79 Å². The van der Waals surface area contributed by atoms with Crippen molar-refractivity contribution >= 4 is 40.2 Å². The minimum Gasteiger partial charge on any atom is -0.444 e. The highest BCUT2D eigenvalue weighted by Crippen LogP contribution is 2.34. The number of anilines is 1. The second-order valence-electron chi connectivity index (χ2n) is 14.0. The molecule has 1 atom stereocenters. The topological polar surface area (TPSA) is 124 Å². The van der Waals surface area contributed by atoms with Gasteiger partial charge in [0.15, 0.2) is 6.23 Å². The molecule has 1 aliphatic rings. The number of carbonyl (C=O) groups excluding carboxylic acids is 2. The van der Waals surface area contributed by atoms with E-state index in [9.17, 15) is 9.59 Å². The monoisotopic (exact) mass is 723 g/mol. The molecule has 11 nitrogen and oxygen atoms in total. The number of hydrogen-bond donors (Lipinski definition) is 2. The van der Waals surface area contributed by atoms with E-state index in [1.807, 2.05) is 80.2 Å². The Kier molecular flexibility index (Phi) is 12.0. The number of fused-ring (bicyclic) bond motifs is 1. The van der Waals surface area contributed by atoms with E-state index in [0.717, 1.165) is 70.3 Å². The Morgan fingerprint density at radius 3 is 2.52 bits per heavy atom. The number of halogens is 1. The van der Waals surface area contributed by atoms with Crippen molar-refractivity contribution < 1.29 is 19.1 Å². The molecule has 272 valence electrons. The summed E-state index contributed by atoms with van der Waals surface area (Å²) in [6.07, 6.45) is 10.3. The number of nitrogens with one attached hydrogen (secondary N) is 2. The molecule has 0 saturated carbocycles. The lowest BCUT2D eigenvalue weighted by Gasteiger charge is -2.27. The van der Waals surface area contributed by atoms with Gasteiger partial charge in [-0.15, -0.1) is 0 Å². The summed E-state index contributed by atoms with van der Waals surface area (Å²) in [5.41, 5.74) is 5.90. The summed E-state index contributed by atoms with van der Waals surface area (Å²) >= 11 is 6.66. The van der Waals surface area contributed by atoms with E-state index in [1.54, 1.807) is 17.3 Å². The van der Waals surface area contributed by atoms with Crippen molar-refractivity contribution in [1.82, 2.24) is 30.0 Å². The van der Waals surface area contributed by atoms with Crippen LogP contribution < -0.4 is 10.6 Å². The van der Waals surface area contributed by atoms with Crippen LogP contribution in [0.15, 0.2) is 85.6 Å². The molecule has 0 spiro atoms. The average molecular weight is 724 g/mol. The summed E-state index contributed by atoms with van der Waals surface area (Å²) in [6.45, 7) is 7.74. The number of aromatic nitrogens is 4. The van der Waals surface area contributed by atoms with Crippen LogP contribution in [0.4, 0.5) is 10.5 Å². The number of amides is 2. The quantitative estimate of drug-likeness (QED) is 0.116. The van der Waals surface area contributed by atoms with Crippen LogP contribution in [-0.2, 0) is 20.8 Å². The summed E-state index contributed by atoms with van der Waals surface area (Å²) < 4.78 is 13.7. The fourth-order valence-corrected chi connectivity index (χ4v) is 6.52. The van der Waals surface area contributed by atoms with E-state index in [0.29, 0.717) is 24.5 Å². The molecule has 0 bridgehead atoms. The van der Waals surface area contributed by atoms with Gasteiger partial charge in [-0.1, -0.05) is 54.1 Å². The highest BCUT2D eigenvalue weighted by molar-refractivity contribution is 6.33. The fraction of sp³-hybridized carbons (Fsp3) is 0.375. The van der Waals surface area contributed by atoms with Crippen molar-refractivity contribution in [1.29, 1.82) is 0 Å². The van der Waals surface area contributed by atoms with Crippen LogP contribution in [0.3, 0.4) is 0 Å². The van der Waals surface area contributed by atoms with E-state index in [-0.39, 0.29) is 31.6 Å². The van der Waals surface area contributed by atoms with Gasteiger partial charge >= 0.3 is 6.09 Å². The predicted octanol–water partition coefficient (Wildman–Crippen LogP) is 8.26. The van der Waals surface area contributed by atoms with Gasteiger partial charge in [0.1, 0.15) is 11.9 Å². The second kappa shape index (κ2) is 17.0. The van der Waals surface area contributed by atoms with Gasteiger partial charge in [0.2, 0.25) is 5.91 Å². The Labute approximate surface area is 309 Å². The third-order valence-corrected chi connectivity index (χ3v) is 9.09. The van der Waals surface area contributed by atoms with Crippen molar-refractivity contribution in [3.05, 3.63) is 96.2 Å². The first kappa shape index (κ1) is 36.8. The maximum atomic E-state index is 13.2. The normalized spacial score (nSPS) is 14.6. The summed E-state index contributed by atoms with van der Waals surface area (Å²) in [7, 11) is 0. The van der Waals surface area contributed by atoms with Gasteiger partial charge in [-0.2, -0.15) is 5.10 Å². The number of rotatable bonds is 13. The Morgan fingerprint density at radius 2 is 1.79 bits per heavy atom. The maximum Gasteiger partial charge on any atom is 0.410 e. The van der Waals surface area contributed by atoms with E-state index in [4.69, 9.17) is 26.2 Å². The maximum absolute atomic E-state index is 13.2. The average Bonchev–Trinajstić information content (AvgIpc) is 3.58. The molecule has 1 saturated heterocycles. The van der Waals surface area contributed by atoms with Gasteiger partial charge in [0, 0.05) is 78.8 Å². The summed E-state index contributed by atoms with van der Waals surface area (Å²) in [6, 6.07) is 19.9. The molecule has 12 heteroatoms. The molecule has 5 aromatic rings. The number of benzene rings is 3. The van der Waals surface area contributed by atoms with Crippen molar-refractivity contribution in [2.24, 2.45) is 0 Å². The molecule has 3 heterocycles. The molecule has 0 aliphatic carbocycles. The van der Waals surface area contributed by atoms with Crippen LogP contribution >= 0.6 is 11.6 Å². The first-order valence-corrected chi connectivity index (χ1v) is 18.2. The van der Waals surface area contributed by atoms with Gasteiger partial charge in [-0.05, 0) is 81.3 Å². The fourth-order valence-electron chi connectivity index (χ4n) is 6.21. The van der Waals surface area contributed by atoms with Crippen molar-refractivity contribution in [3.63, 3.8) is 0 Å². The van der Waals surface area contributed by atoms with E-state index >= 15 is 0 Å². The highest BCUT2D eigenvalue weighted by atomic mass is 35.5. The molecule has 2 N–H and O–H groups in total. The predicted molar refractivity (Wildman–Crippen MR) is 204 cm³/mol. The number of nitrogens with zero attached hydrogens (tertiary/aromatic N) is 5. The Morgan fingerprint density at radius 1 is 0.981 bits per heavy atom. The standard InChI is InChI=1S/C40H46ClN7O4/c1-40(2,3)52-39(50)47(26-28-13-14-32(34(41)20-28)29-10-5-4-6-11-29)18-15-37(49)45-17-9-16-44-35-21-30(31-23-42-27-43-24-31)22-36-33(35)25-46-48(36)38-12-7-8-19-51-38/h4-6,10-11,13-14,20-25,27,38,44H,7-9,12,15-19,26H2,1-3H3,(H,45,49). The largest absolute Gasteiger partial charge is 0.444 e. The molecule has 2 amide bonds. The van der Waals surface area contributed by atoms with Gasteiger partial charge < -0.3 is 25.0 Å². The number of carbonyl (C=O) groups is 2. The summed E-state index contributed by atoms with van der Waals surface area (Å²) in [5.74, 6) is -0.145. The molecule has 6 rings (SSSR count). The summed E-state index contributed by atoms with van der Waals surface area (Å²) in [4.78, 5) is 36.1. The van der Waals surface area contributed by atoms with Crippen LogP contribution in [0.1, 0.15) is 64.7 Å². The zero-order valence-electron chi connectivity index (χ0n) is 30.0. The molecular formula is C40H46ClN7O4. The zero-order valence-corrected chi connectivity index (χ0v) is 30.7. The second-order valence-corrected chi connectivity index (χ2v) is 14.4. The SMILES string of the molecule is CC(C)(C)OC(=O)N(CCC(=O)NCCCNc1cc(-c2cncnc2)cc2c1cnn2C1CCCCO1)Cc1ccc(-c2ccccc2)c(Cl)c1. The third kappa shape index (κ3) is 9.65. The molecule has 1 aliphatic heterocycles. The minimum absolute atomic E-state index is 0.0965. The molecule has 2 aromatic heterocycles. The summed E-state index contributed by atoms with van der Waals surface area (Å²) in [5, 5.41) is 12.9. The Hall–Kier alpha value is -5.00. The molecular weight excluding hydrogens is 678 g/mol. The first-order valence-electron chi connectivity index (χ1n) is 17.9. The van der Waals surface area contributed by atoms with Gasteiger partial charge in [-0.25, -0.2) is 19.4 Å².